The molecule has 3 rings (SSSR count). The van der Waals surface area contributed by atoms with Crippen molar-refractivity contribution in [2.24, 2.45) is 0 Å². The molecular formula is C17H20N4O2. The molecule has 1 saturated heterocycles. The second kappa shape index (κ2) is 7.36. The number of hydrogen-bond acceptors (Lipinski definition) is 6. The number of piperidine rings is 1. The molecule has 0 spiro atoms. The van der Waals surface area contributed by atoms with Gasteiger partial charge in [-0.15, -0.1) is 0 Å². The van der Waals surface area contributed by atoms with Crippen LogP contribution in [0.2, 0.25) is 0 Å². The van der Waals surface area contributed by atoms with Crippen molar-refractivity contribution in [1.82, 2.24) is 15.0 Å². The summed E-state index contributed by atoms with van der Waals surface area (Å²) < 4.78 is 10.5. The van der Waals surface area contributed by atoms with E-state index in [-0.39, 0.29) is 6.04 Å². The minimum atomic E-state index is 0.132. The largest absolute Gasteiger partial charge is 0.377 e. The van der Waals surface area contributed by atoms with Crippen LogP contribution in [0, 0.1) is 11.3 Å². The SMILES string of the molecule is COCc1noc(C2CCCCN2Cc2cccc(C#N)c2)n1. The maximum atomic E-state index is 9.04. The summed E-state index contributed by atoms with van der Waals surface area (Å²) in [5.74, 6) is 1.24. The Morgan fingerprint density at radius 1 is 1.43 bits per heavy atom. The number of hydrogen-bond donors (Lipinski definition) is 0. The van der Waals surface area contributed by atoms with Gasteiger partial charge in [-0.1, -0.05) is 23.7 Å². The lowest BCUT2D eigenvalue weighted by Crippen LogP contribution is -2.33. The lowest BCUT2D eigenvalue weighted by atomic mass is 10.0. The normalized spacial score (nSPS) is 18.7. The van der Waals surface area contributed by atoms with E-state index in [0.717, 1.165) is 37.9 Å². The molecule has 6 heteroatoms. The van der Waals surface area contributed by atoms with E-state index in [1.807, 2.05) is 18.2 Å². The van der Waals surface area contributed by atoms with E-state index in [1.165, 1.54) is 0 Å². The van der Waals surface area contributed by atoms with Gasteiger partial charge in [-0.25, -0.2) is 0 Å². The fraction of sp³-hybridized carbons (Fsp3) is 0.471. The van der Waals surface area contributed by atoms with Gasteiger partial charge in [0.1, 0.15) is 6.61 Å². The Bertz CT molecular complexity index is 692. The Morgan fingerprint density at radius 3 is 3.17 bits per heavy atom. The van der Waals surface area contributed by atoms with Crippen LogP contribution in [0.1, 0.15) is 48.1 Å². The van der Waals surface area contributed by atoms with E-state index in [9.17, 15) is 0 Å². The van der Waals surface area contributed by atoms with Gasteiger partial charge in [-0.05, 0) is 37.1 Å². The molecule has 2 aromatic rings. The predicted molar refractivity (Wildman–Crippen MR) is 83.2 cm³/mol. The Hall–Kier alpha value is -2.23. The van der Waals surface area contributed by atoms with E-state index in [1.54, 1.807) is 7.11 Å². The quantitative estimate of drug-likeness (QED) is 0.845. The van der Waals surface area contributed by atoms with E-state index in [4.69, 9.17) is 14.5 Å². The van der Waals surface area contributed by atoms with Gasteiger partial charge in [0, 0.05) is 13.7 Å². The van der Waals surface area contributed by atoms with Crippen LogP contribution in [0.5, 0.6) is 0 Å². The lowest BCUT2D eigenvalue weighted by molar-refractivity contribution is 0.111. The lowest BCUT2D eigenvalue weighted by Gasteiger charge is -2.33. The molecule has 23 heavy (non-hydrogen) atoms. The smallest absolute Gasteiger partial charge is 0.244 e. The van der Waals surface area contributed by atoms with Gasteiger partial charge in [0.05, 0.1) is 17.7 Å². The molecule has 2 heterocycles. The molecule has 1 unspecified atom stereocenters. The van der Waals surface area contributed by atoms with Gasteiger partial charge in [-0.3, -0.25) is 4.90 Å². The average molecular weight is 312 g/mol. The van der Waals surface area contributed by atoms with E-state index < -0.39 is 0 Å². The number of aromatic nitrogens is 2. The third kappa shape index (κ3) is 3.76. The number of nitriles is 1. The Balaban J connectivity index is 1.76. The summed E-state index contributed by atoms with van der Waals surface area (Å²) >= 11 is 0. The molecule has 1 atom stereocenters. The predicted octanol–water partition coefficient (Wildman–Crippen LogP) is 2.81. The average Bonchev–Trinajstić information content (AvgIpc) is 3.04. The highest BCUT2D eigenvalue weighted by Gasteiger charge is 2.28. The second-order valence-electron chi connectivity index (χ2n) is 5.78. The van der Waals surface area contributed by atoms with E-state index in [0.29, 0.717) is 23.9 Å². The van der Waals surface area contributed by atoms with Crippen LogP contribution in [0.4, 0.5) is 0 Å². The molecular weight excluding hydrogens is 292 g/mol. The Morgan fingerprint density at radius 2 is 2.35 bits per heavy atom. The van der Waals surface area contributed by atoms with Crippen molar-refractivity contribution < 1.29 is 9.26 Å². The van der Waals surface area contributed by atoms with Crippen LogP contribution >= 0.6 is 0 Å². The first-order valence-corrected chi connectivity index (χ1v) is 7.84. The van der Waals surface area contributed by atoms with Crippen LogP contribution in [0.15, 0.2) is 28.8 Å². The summed E-state index contributed by atoms with van der Waals surface area (Å²) in [6.45, 7) is 2.13. The zero-order valence-electron chi connectivity index (χ0n) is 13.2. The molecule has 0 N–H and O–H groups in total. The minimum Gasteiger partial charge on any atom is -0.377 e. The number of nitrogens with zero attached hydrogens (tertiary/aromatic N) is 4. The highest BCUT2D eigenvalue weighted by Crippen LogP contribution is 2.31. The van der Waals surface area contributed by atoms with Crippen LogP contribution < -0.4 is 0 Å². The maximum Gasteiger partial charge on any atom is 0.244 e. The molecule has 1 aliphatic rings. The molecule has 0 saturated carbocycles. The molecule has 6 nitrogen and oxygen atoms in total. The van der Waals surface area contributed by atoms with Gasteiger partial charge in [0.2, 0.25) is 5.89 Å². The van der Waals surface area contributed by atoms with Gasteiger partial charge >= 0.3 is 0 Å². The highest BCUT2D eigenvalue weighted by atomic mass is 16.5. The van der Waals surface area contributed by atoms with Crippen LogP contribution in [-0.2, 0) is 17.9 Å². The van der Waals surface area contributed by atoms with Crippen LogP contribution in [0.25, 0.3) is 0 Å². The third-order valence-corrected chi connectivity index (χ3v) is 4.10. The van der Waals surface area contributed by atoms with Gasteiger partial charge in [-0.2, -0.15) is 10.2 Å². The molecule has 1 aromatic carbocycles. The molecule has 120 valence electrons. The topological polar surface area (TPSA) is 75.2 Å². The van der Waals surface area contributed by atoms with Crippen molar-refractivity contribution in [3.05, 3.63) is 47.1 Å². The summed E-state index contributed by atoms with van der Waals surface area (Å²) in [5.41, 5.74) is 1.82. The zero-order chi connectivity index (χ0) is 16.1. The standard InChI is InChI=1S/C17H20N4O2/c1-22-12-16-19-17(23-20-16)15-7-2-3-8-21(15)11-14-6-4-5-13(9-14)10-18/h4-6,9,15H,2-3,7-8,11-12H2,1H3. The number of rotatable bonds is 5. The number of methoxy groups -OCH3 is 1. The fourth-order valence-corrected chi connectivity index (χ4v) is 3.02. The van der Waals surface area contributed by atoms with Gasteiger partial charge < -0.3 is 9.26 Å². The van der Waals surface area contributed by atoms with Crippen molar-refractivity contribution in [3.8, 4) is 6.07 Å². The van der Waals surface area contributed by atoms with Gasteiger partial charge in [0.25, 0.3) is 0 Å². The van der Waals surface area contributed by atoms with Crippen molar-refractivity contribution in [1.29, 1.82) is 5.26 Å². The molecule has 0 aliphatic carbocycles. The monoisotopic (exact) mass is 312 g/mol. The second-order valence-corrected chi connectivity index (χ2v) is 5.78. The Labute approximate surface area is 135 Å². The van der Waals surface area contributed by atoms with Crippen LogP contribution in [-0.4, -0.2) is 28.7 Å². The summed E-state index contributed by atoms with van der Waals surface area (Å²) in [6, 6.07) is 10.1. The number of benzene rings is 1. The van der Waals surface area contributed by atoms with E-state index in [2.05, 4.69) is 27.2 Å². The molecule has 0 radical (unpaired) electrons. The minimum absolute atomic E-state index is 0.132. The zero-order valence-corrected chi connectivity index (χ0v) is 13.2. The fourth-order valence-electron chi connectivity index (χ4n) is 3.02. The summed E-state index contributed by atoms with van der Waals surface area (Å²) in [5, 5.41) is 13.0. The summed E-state index contributed by atoms with van der Waals surface area (Å²) in [7, 11) is 1.62. The third-order valence-electron chi connectivity index (χ3n) is 4.10. The molecule has 1 aromatic heterocycles. The number of ether oxygens (including phenoxy) is 1. The number of likely N-dealkylation sites (tertiary alicyclic amines) is 1. The van der Waals surface area contributed by atoms with E-state index >= 15 is 0 Å². The van der Waals surface area contributed by atoms with Gasteiger partial charge in [0.15, 0.2) is 5.82 Å². The molecule has 1 aliphatic heterocycles. The molecule has 0 bridgehead atoms. The molecule has 1 fully saturated rings. The first-order chi connectivity index (χ1) is 11.3. The Kier molecular flexibility index (Phi) is 5.01. The first kappa shape index (κ1) is 15.7. The maximum absolute atomic E-state index is 9.04. The van der Waals surface area contributed by atoms with Crippen molar-refractivity contribution in [2.75, 3.05) is 13.7 Å². The highest BCUT2D eigenvalue weighted by molar-refractivity contribution is 5.32. The summed E-state index contributed by atoms with van der Waals surface area (Å²) in [6.07, 6.45) is 3.32. The molecule has 0 amide bonds. The van der Waals surface area contributed by atoms with Crippen molar-refractivity contribution in [2.45, 2.75) is 38.5 Å². The van der Waals surface area contributed by atoms with Crippen molar-refractivity contribution >= 4 is 0 Å². The van der Waals surface area contributed by atoms with Crippen LogP contribution in [0.3, 0.4) is 0 Å². The first-order valence-electron chi connectivity index (χ1n) is 7.84. The summed E-state index contributed by atoms with van der Waals surface area (Å²) in [4.78, 5) is 6.80. The van der Waals surface area contributed by atoms with Crippen molar-refractivity contribution in [3.63, 3.8) is 0 Å².